The number of hydrogen-bond donors (Lipinski definition) is 0. The Hall–Kier alpha value is -2.58. The van der Waals surface area contributed by atoms with E-state index in [9.17, 15) is 20.2 Å². The van der Waals surface area contributed by atoms with E-state index < -0.39 is 9.85 Å². The van der Waals surface area contributed by atoms with Crippen LogP contribution >= 0.6 is 24.8 Å². The minimum Gasteiger partial charge on any atom is -0.457 e. The Morgan fingerprint density at radius 2 is 1.17 bits per heavy atom. The number of benzene rings is 2. The third-order valence-electron chi connectivity index (χ3n) is 2.51. The standard InChI is InChI=1S/C13H10N2O6.2ClH/c16-14(17)10-3-1-5-12(7-10)20-9-21-13-6-2-4-11(8-13)15(18)19;;/h1-8H,9H2;2*1H. The van der Waals surface area contributed by atoms with Crippen molar-refractivity contribution in [2.75, 3.05) is 6.79 Å². The van der Waals surface area contributed by atoms with Crippen LogP contribution in [0.5, 0.6) is 11.5 Å². The number of hydrogen-bond acceptors (Lipinski definition) is 6. The minimum absolute atomic E-state index is 0. The summed E-state index contributed by atoms with van der Waals surface area (Å²) in [5, 5.41) is 21.2. The van der Waals surface area contributed by atoms with Gasteiger partial charge in [0.15, 0.2) is 0 Å². The maximum Gasteiger partial charge on any atom is 0.273 e. The molecule has 8 nitrogen and oxygen atoms in total. The van der Waals surface area contributed by atoms with Crippen LogP contribution in [0.25, 0.3) is 0 Å². The van der Waals surface area contributed by atoms with E-state index in [0.717, 1.165) is 0 Å². The van der Waals surface area contributed by atoms with E-state index in [-0.39, 0.29) is 54.5 Å². The van der Waals surface area contributed by atoms with E-state index in [1.807, 2.05) is 0 Å². The van der Waals surface area contributed by atoms with Crippen molar-refractivity contribution in [2.24, 2.45) is 0 Å². The van der Waals surface area contributed by atoms with Gasteiger partial charge in [0.25, 0.3) is 11.4 Å². The Labute approximate surface area is 143 Å². The molecule has 0 fully saturated rings. The molecule has 0 saturated heterocycles. The first-order valence-corrected chi connectivity index (χ1v) is 5.81. The van der Waals surface area contributed by atoms with Crippen molar-refractivity contribution in [3.05, 3.63) is 68.8 Å². The molecule has 0 aliphatic rings. The Morgan fingerprint density at radius 1 is 0.783 bits per heavy atom. The highest BCUT2D eigenvalue weighted by molar-refractivity contribution is 5.85. The van der Waals surface area contributed by atoms with Crippen LogP contribution in [0, 0.1) is 20.2 Å². The van der Waals surface area contributed by atoms with Crippen LogP contribution in [-0.2, 0) is 0 Å². The van der Waals surface area contributed by atoms with Crippen LogP contribution in [0.4, 0.5) is 11.4 Å². The van der Waals surface area contributed by atoms with Crippen molar-refractivity contribution >= 4 is 36.2 Å². The van der Waals surface area contributed by atoms with Crippen molar-refractivity contribution in [3.8, 4) is 11.5 Å². The maximum absolute atomic E-state index is 10.6. The van der Waals surface area contributed by atoms with Gasteiger partial charge in [-0.1, -0.05) is 12.1 Å². The Bertz CT molecular complexity index is 626. The molecule has 0 N–H and O–H groups in total. The normalized spacial score (nSPS) is 9.04. The summed E-state index contributed by atoms with van der Waals surface area (Å²) < 4.78 is 10.4. The second-order valence-electron chi connectivity index (χ2n) is 3.92. The molecular formula is C13H12Cl2N2O6. The van der Waals surface area contributed by atoms with Gasteiger partial charge in [-0.15, -0.1) is 24.8 Å². The van der Waals surface area contributed by atoms with Gasteiger partial charge in [0.2, 0.25) is 6.79 Å². The van der Waals surface area contributed by atoms with Gasteiger partial charge in [-0.3, -0.25) is 20.2 Å². The lowest BCUT2D eigenvalue weighted by Gasteiger charge is -2.08. The number of ether oxygens (including phenoxy) is 2. The Morgan fingerprint density at radius 3 is 1.52 bits per heavy atom. The summed E-state index contributed by atoms with van der Waals surface area (Å²) in [5.74, 6) is 0.546. The van der Waals surface area contributed by atoms with Crippen molar-refractivity contribution in [3.63, 3.8) is 0 Å². The Balaban J connectivity index is 0.00000242. The van der Waals surface area contributed by atoms with Crippen LogP contribution in [-0.4, -0.2) is 16.6 Å². The van der Waals surface area contributed by atoms with E-state index in [1.54, 1.807) is 12.1 Å². The summed E-state index contributed by atoms with van der Waals surface area (Å²) in [6.07, 6.45) is 0. The summed E-state index contributed by atoms with van der Waals surface area (Å²) >= 11 is 0. The van der Waals surface area contributed by atoms with Crippen LogP contribution in [0.1, 0.15) is 0 Å². The van der Waals surface area contributed by atoms with Gasteiger partial charge < -0.3 is 9.47 Å². The van der Waals surface area contributed by atoms with Gasteiger partial charge in [0, 0.05) is 12.1 Å². The first-order chi connectivity index (χ1) is 10.1. The fourth-order valence-electron chi connectivity index (χ4n) is 1.54. The van der Waals surface area contributed by atoms with Crippen LogP contribution < -0.4 is 9.47 Å². The zero-order valence-electron chi connectivity index (χ0n) is 11.5. The number of nitro groups is 2. The fraction of sp³-hybridized carbons (Fsp3) is 0.0769. The zero-order chi connectivity index (χ0) is 15.2. The molecule has 0 radical (unpaired) electrons. The zero-order valence-corrected chi connectivity index (χ0v) is 13.1. The molecule has 0 unspecified atom stereocenters. The van der Waals surface area contributed by atoms with Crippen molar-refractivity contribution < 1.29 is 19.3 Å². The van der Waals surface area contributed by atoms with E-state index in [1.165, 1.54) is 36.4 Å². The van der Waals surface area contributed by atoms with Crippen molar-refractivity contribution in [2.45, 2.75) is 0 Å². The van der Waals surface area contributed by atoms with E-state index in [2.05, 4.69) is 0 Å². The van der Waals surface area contributed by atoms with Gasteiger partial charge in [0.1, 0.15) is 11.5 Å². The molecule has 0 saturated carbocycles. The molecule has 0 amide bonds. The first kappa shape index (κ1) is 20.4. The molecule has 10 heteroatoms. The highest BCUT2D eigenvalue weighted by atomic mass is 35.5. The van der Waals surface area contributed by atoms with Crippen LogP contribution in [0.3, 0.4) is 0 Å². The van der Waals surface area contributed by atoms with E-state index in [0.29, 0.717) is 0 Å². The highest BCUT2D eigenvalue weighted by Gasteiger charge is 2.08. The molecule has 2 aromatic carbocycles. The van der Waals surface area contributed by atoms with E-state index in [4.69, 9.17) is 9.47 Å². The summed E-state index contributed by atoms with van der Waals surface area (Å²) in [6, 6.07) is 11.3. The molecule has 2 rings (SSSR count). The van der Waals surface area contributed by atoms with Gasteiger partial charge in [-0.05, 0) is 12.1 Å². The van der Waals surface area contributed by atoms with Gasteiger partial charge in [-0.2, -0.15) is 0 Å². The van der Waals surface area contributed by atoms with Crippen LogP contribution in [0.15, 0.2) is 48.5 Å². The van der Waals surface area contributed by atoms with Crippen molar-refractivity contribution in [1.29, 1.82) is 0 Å². The molecule has 0 aliphatic heterocycles. The quantitative estimate of drug-likeness (QED) is 0.440. The molecule has 0 bridgehead atoms. The van der Waals surface area contributed by atoms with Gasteiger partial charge >= 0.3 is 0 Å². The predicted octanol–water partition coefficient (Wildman–Crippen LogP) is 3.76. The maximum atomic E-state index is 10.6. The predicted molar refractivity (Wildman–Crippen MR) is 86.8 cm³/mol. The SMILES string of the molecule is Cl.Cl.O=[N+]([O-])c1cccc(OCOc2cccc([N+](=O)[O-])c2)c1. The average Bonchev–Trinajstić information content (AvgIpc) is 2.48. The number of non-ortho nitro benzene ring substituents is 2. The molecule has 0 heterocycles. The molecule has 124 valence electrons. The summed E-state index contributed by atoms with van der Waals surface area (Å²) in [4.78, 5) is 20.1. The summed E-state index contributed by atoms with van der Waals surface area (Å²) in [5.41, 5.74) is -0.189. The second-order valence-corrected chi connectivity index (χ2v) is 3.92. The molecule has 0 atom stereocenters. The van der Waals surface area contributed by atoms with Crippen LogP contribution in [0.2, 0.25) is 0 Å². The third kappa shape index (κ3) is 5.97. The number of nitro benzene ring substituents is 2. The molecular weight excluding hydrogens is 351 g/mol. The molecule has 0 aliphatic carbocycles. The molecule has 2 aromatic rings. The monoisotopic (exact) mass is 362 g/mol. The van der Waals surface area contributed by atoms with Crippen molar-refractivity contribution in [1.82, 2.24) is 0 Å². The highest BCUT2D eigenvalue weighted by Crippen LogP contribution is 2.21. The Kier molecular flexibility index (Phi) is 8.38. The van der Waals surface area contributed by atoms with Gasteiger partial charge in [-0.25, -0.2) is 0 Å². The number of nitrogens with zero attached hydrogens (tertiary/aromatic N) is 2. The molecule has 23 heavy (non-hydrogen) atoms. The summed E-state index contributed by atoms with van der Waals surface area (Å²) in [7, 11) is 0. The topological polar surface area (TPSA) is 105 Å². The lowest BCUT2D eigenvalue weighted by molar-refractivity contribution is -0.385. The summed E-state index contributed by atoms with van der Waals surface area (Å²) in [6.45, 7) is -0.220. The second kappa shape index (κ2) is 9.44. The fourth-order valence-corrected chi connectivity index (χ4v) is 1.54. The van der Waals surface area contributed by atoms with Gasteiger partial charge in [0.05, 0.1) is 22.0 Å². The lowest BCUT2D eigenvalue weighted by Crippen LogP contribution is -2.06. The molecule has 0 spiro atoms. The number of halogens is 2. The lowest BCUT2D eigenvalue weighted by atomic mass is 10.3. The third-order valence-corrected chi connectivity index (χ3v) is 2.51. The first-order valence-electron chi connectivity index (χ1n) is 5.81. The largest absolute Gasteiger partial charge is 0.457 e. The average molecular weight is 363 g/mol. The van der Waals surface area contributed by atoms with E-state index >= 15 is 0 Å². The number of rotatable bonds is 6. The smallest absolute Gasteiger partial charge is 0.273 e. The molecule has 0 aromatic heterocycles. The minimum atomic E-state index is -0.533.